The molecule has 0 aliphatic rings. The zero-order valence-electron chi connectivity index (χ0n) is 11.7. The Balaban J connectivity index is 2.74. The number of carboxylic acids is 1. The van der Waals surface area contributed by atoms with Gasteiger partial charge in [-0.15, -0.1) is 0 Å². The van der Waals surface area contributed by atoms with Gasteiger partial charge in [0.15, 0.2) is 0 Å². The molecule has 1 N–H and O–H groups in total. The Morgan fingerprint density at radius 3 is 2.11 bits per heavy atom. The van der Waals surface area contributed by atoms with E-state index in [9.17, 15) is 9.90 Å². The van der Waals surface area contributed by atoms with E-state index in [2.05, 4.69) is 26.0 Å². The molecule has 0 saturated heterocycles. The molecule has 0 aromatic heterocycles. The molecule has 0 unspecified atom stereocenters. The highest BCUT2D eigenvalue weighted by atomic mass is 16.4. The minimum atomic E-state index is -0.882. The van der Waals surface area contributed by atoms with Crippen molar-refractivity contribution in [2.24, 2.45) is 0 Å². The highest BCUT2D eigenvalue weighted by Crippen LogP contribution is 2.30. The first-order valence-corrected chi connectivity index (χ1v) is 6.32. The summed E-state index contributed by atoms with van der Waals surface area (Å²) in [7, 11) is 0. The zero-order chi connectivity index (χ0) is 14.2. The van der Waals surface area contributed by atoms with Crippen LogP contribution in [-0.4, -0.2) is 11.1 Å². The maximum absolute atomic E-state index is 11.4. The number of carbonyl (C=O) groups is 1. The Kier molecular flexibility index (Phi) is 3.43. The molecule has 19 heavy (non-hydrogen) atoms. The molecule has 0 aliphatic carbocycles. The van der Waals surface area contributed by atoms with Crippen LogP contribution in [0.4, 0.5) is 0 Å². The molecule has 98 valence electrons. The van der Waals surface area contributed by atoms with Crippen LogP contribution in [0.25, 0.3) is 11.1 Å². The third kappa shape index (κ3) is 2.53. The second-order valence-corrected chi connectivity index (χ2v) is 5.11. The van der Waals surface area contributed by atoms with E-state index in [4.69, 9.17) is 0 Å². The Labute approximate surface area is 113 Å². The highest BCUT2D eigenvalue weighted by Gasteiger charge is 2.14. The number of hydrogen-bond donors (Lipinski definition) is 1. The van der Waals surface area contributed by atoms with Crippen LogP contribution in [-0.2, 0) is 0 Å². The number of carboxylic acid groups (broad SMARTS) is 1. The van der Waals surface area contributed by atoms with Crippen molar-refractivity contribution in [3.05, 3.63) is 58.1 Å². The lowest BCUT2D eigenvalue weighted by molar-refractivity contribution is 0.0697. The SMILES string of the molecule is Cc1ccc(C(=O)O)c(-c2cc(C)c(C)cc2C)c1. The monoisotopic (exact) mass is 254 g/mol. The molecule has 0 bridgehead atoms. The van der Waals surface area contributed by atoms with Gasteiger partial charge < -0.3 is 5.11 Å². The Morgan fingerprint density at radius 1 is 0.842 bits per heavy atom. The minimum absolute atomic E-state index is 0.358. The third-order valence-electron chi connectivity index (χ3n) is 3.54. The van der Waals surface area contributed by atoms with Crippen molar-refractivity contribution in [1.29, 1.82) is 0 Å². The van der Waals surface area contributed by atoms with E-state index in [1.165, 1.54) is 11.1 Å². The first-order valence-electron chi connectivity index (χ1n) is 6.32. The lowest BCUT2D eigenvalue weighted by Crippen LogP contribution is -2.01. The summed E-state index contributed by atoms with van der Waals surface area (Å²) in [5.74, 6) is -0.882. The molecule has 0 spiro atoms. The first-order chi connectivity index (χ1) is 8.90. The Bertz CT molecular complexity index is 655. The number of aromatic carboxylic acids is 1. The van der Waals surface area contributed by atoms with Gasteiger partial charge in [0.25, 0.3) is 0 Å². The van der Waals surface area contributed by atoms with E-state index in [1.807, 2.05) is 26.0 Å². The van der Waals surface area contributed by atoms with Gasteiger partial charge in [-0.3, -0.25) is 0 Å². The lowest BCUT2D eigenvalue weighted by atomic mass is 9.91. The highest BCUT2D eigenvalue weighted by molar-refractivity contribution is 5.96. The normalized spacial score (nSPS) is 10.5. The fraction of sp³-hybridized carbons (Fsp3) is 0.235. The quantitative estimate of drug-likeness (QED) is 0.868. The van der Waals surface area contributed by atoms with Crippen LogP contribution in [0.2, 0.25) is 0 Å². The van der Waals surface area contributed by atoms with Crippen molar-refractivity contribution in [1.82, 2.24) is 0 Å². The van der Waals surface area contributed by atoms with Gasteiger partial charge in [-0.2, -0.15) is 0 Å². The number of rotatable bonds is 2. The molecule has 0 amide bonds. The molecule has 0 saturated carbocycles. The standard InChI is InChI=1S/C17H18O2/c1-10-5-6-14(17(18)19)16(7-10)15-9-12(3)11(2)8-13(15)4/h5-9H,1-4H3,(H,18,19). The molecule has 2 heteroatoms. The molecule has 0 radical (unpaired) electrons. The summed E-state index contributed by atoms with van der Waals surface area (Å²) in [6.07, 6.45) is 0. The van der Waals surface area contributed by atoms with Crippen molar-refractivity contribution in [3.63, 3.8) is 0 Å². The van der Waals surface area contributed by atoms with Crippen LogP contribution in [0, 0.1) is 27.7 Å². The van der Waals surface area contributed by atoms with E-state index in [0.29, 0.717) is 5.56 Å². The lowest BCUT2D eigenvalue weighted by Gasteiger charge is -2.13. The molecule has 0 aliphatic heterocycles. The average molecular weight is 254 g/mol. The van der Waals surface area contributed by atoms with Gasteiger partial charge in [0.05, 0.1) is 5.56 Å². The molecule has 2 aromatic carbocycles. The summed E-state index contributed by atoms with van der Waals surface area (Å²) in [6.45, 7) is 8.12. The smallest absolute Gasteiger partial charge is 0.336 e. The summed E-state index contributed by atoms with van der Waals surface area (Å²) in [6, 6.07) is 9.65. The van der Waals surface area contributed by atoms with E-state index in [-0.39, 0.29) is 0 Å². The fourth-order valence-electron chi connectivity index (χ4n) is 2.32. The predicted octanol–water partition coefficient (Wildman–Crippen LogP) is 4.29. The third-order valence-corrected chi connectivity index (χ3v) is 3.54. The molecule has 0 heterocycles. The van der Waals surface area contributed by atoms with E-state index in [1.54, 1.807) is 6.07 Å². The molecule has 2 aromatic rings. The topological polar surface area (TPSA) is 37.3 Å². The summed E-state index contributed by atoms with van der Waals surface area (Å²) in [5.41, 5.74) is 6.74. The summed E-state index contributed by atoms with van der Waals surface area (Å²) in [5, 5.41) is 9.33. The molecular weight excluding hydrogens is 236 g/mol. The van der Waals surface area contributed by atoms with E-state index in [0.717, 1.165) is 22.3 Å². The minimum Gasteiger partial charge on any atom is -0.478 e. The van der Waals surface area contributed by atoms with Crippen LogP contribution in [0.15, 0.2) is 30.3 Å². The van der Waals surface area contributed by atoms with Crippen molar-refractivity contribution in [2.45, 2.75) is 27.7 Å². The van der Waals surface area contributed by atoms with Crippen molar-refractivity contribution < 1.29 is 9.90 Å². The summed E-state index contributed by atoms with van der Waals surface area (Å²) in [4.78, 5) is 11.4. The first kappa shape index (κ1) is 13.3. The maximum Gasteiger partial charge on any atom is 0.336 e. The summed E-state index contributed by atoms with van der Waals surface area (Å²) < 4.78 is 0. The zero-order valence-corrected chi connectivity index (χ0v) is 11.7. The van der Waals surface area contributed by atoms with Crippen LogP contribution in [0.5, 0.6) is 0 Å². The van der Waals surface area contributed by atoms with E-state index >= 15 is 0 Å². The molecule has 2 nitrogen and oxygen atoms in total. The van der Waals surface area contributed by atoms with Gasteiger partial charge >= 0.3 is 5.97 Å². The van der Waals surface area contributed by atoms with Crippen molar-refractivity contribution >= 4 is 5.97 Å². The summed E-state index contributed by atoms with van der Waals surface area (Å²) >= 11 is 0. The molecule has 0 fully saturated rings. The average Bonchev–Trinajstić information content (AvgIpc) is 2.33. The number of aryl methyl sites for hydroxylation is 4. The largest absolute Gasteiger partial charge is 0.478 e. The van der Waals surface area contributed by atoms with Gasteiger partial charge in [0, 0.05) is 0 Å². The fourth-order valence-corrected chi connectivity index (χ4v) is 2.32. The molecular formula is C17H18O2. The van der Waals surface area contributed by atoms with Crippen molar-refractivity contribution in [3.8, 4) is 11.1 Å². The Hall–Kier alpha value is -2.09. The second-order valence-electron chi connectivity index (χ2n) is 5.11. The maximum atomic E-state index is 11.4. The van der Waals surface area contributed by atoms with Crippen LogP contribution in [0.1, 0.15) is 32.6 Å². The Morgan fingerprint density at radius 2 is 1.47 bits per heavy atom. The number of benzene rings is 2. The predicted molar refractivity (Wildman–Crippen MR) is 77.8 cm³/mol. The molecule has 0 atom stereocenters. The van der Waals surface area contributed by atoms with Gasteiger partial charge in [-0.25, -0.2) is 4.79 Å². The van der Waals surface area contributed by atoms with E-state index < -0.39 is 5.97 Å². The van der Waals surface area contributed by atoms with Crippen LogP contribution >= 0.6 is 0 Å². The molecule has 2 rings (SSSR count). The van der Waals surface area contributed by atoms with Gasteiger partial charge in [-0.1, -0.05) is 29.8 Å². The van der Waals surface area contributed by atoms with Crippen molar-refractivity contribution in [2.75, 3.05) is 0 Å². The van der Waals surface area contributed by atoms with Gasteiger partial charge in [0.2, 0.25) is 0 Å². The van der Waals surface area contributed by atoms with Gasteiger partial charge in [0.1, 0.15) is 0 Å². The van der Waals surface area contributed by atoms with Crippen LogP contribution < -0.4 is 0 Å². The second kappa shape index (κ2) is 4.88. The number of hydrogen-bond acceptors (Lipinski definition) is 1. The van der Waals surface area contributed by atoms with Gasteiger partial charge in [-0.05, 0) is 61.6 Å². The van der Waals surface area contributed by atoms with Crippen LogP contribution in [0.3, 0.4) is 0 Å².